The molecule has 5 heteroatoms. The van der Waals surface area contributed by atoms with E-state index in [2.05, 4.69) is 19.2 Å². The number of carbonyl (C=O) groups is 3. The van der Waals surface area contributed by atoms with Crippen LogP contribution in [0.3, 0.4) is 0 Å². The quantitative estimate of drug-likeness (QED) is 0.815. The van der Waals surface area contributed by atoms with Crippen LogP contribution in [0.5, 0.6) is 0 Å². The molecule has 0 aromatic rings. The monoisotopic (exact) mass is 324 g/mol. The van der Waals surface area contributed by atoms with E-state index in [1.54, 1.807) is 11.8 Å². The molecule has 1 N–H and O–H groups in total. The summed E-state index contributed by atoms with van der Waals surface area (Å²) in [5.41, 5.74) is -0.361. The minimum atomic E-state index is -0.361. The van der Waals surface area contributed by atoms with Crippen molar-refractivity contribution in [3.63, 3.8) is 0 Å². The van der Waals surface area contributed by atoms with E-state index in [0.29, 0.717) is 19.0 Å². The van der Waals surface area contributed by atoms with Crippen molar-refractivity contribution in [3.8, 4) is 0 Å². The Morgan fingerprint density at radius 1 is 1.17 bits per heavy atom. The third kappa shape index (κ3) is 4.55. The smallest absolute Gasteiger partial charge is 0.226 e. The van der Waals surface area contributed by atoms with Gasteiger partial charge in [0.2, 0.25) is 11.8 Å². The third-order valence-electron chi connectivity index (χ3n) is 5.34. The van der Waals surface area contributed by atoms with Gasteiger partial charge >= 0.3 is 0 Å². The molecule has 1 fully saturated rings. The SMILES string of the molecule is CC(=O)NCC(C)(C)[C@@H](C)C(=O)N1CC[C@H](C(C)C)[C@H]1C(C)=O. The van der Waals surface area contributed by atoms with Crippen molar-refractivity contribution in [3.05, 3.63) is 0 Å². The predicted molar refractivity (Wildman–Crippen MR) is 90.8 cm³/mol. The Kier molecular flexibility index (Phi) is 6.37. The molecule has 2 amide bonds. The van der Waals surface area contributed by atoms with E-state index in [-0.39, 0.29) is 40.9 Å². The van der Waals surface area contributed by atoms with Crippen molar-refractivity contribution in [1.29, 1.82) is 0 Å². The number of amides is 2. The molecule has 0 bridgehead atoms. The van der Waals surface area contributed by atoms with Crippen molar-refractivity contribution < 1.29 is 14.4 Å². The Hall–Kier alpha value is -1.39. The molecule has 0 aromatic carbocycles. The molecule has 3 atom stereocenters. The van der Waals surface area contributed by atoms with E-state index in [9.17, 15) is 14.4 Å². The van der Waals surface area contributed by atoms with Crippen LogP contribution in [0.4, 0.5) is 0 Å². The first-order valence-electron chi connectivity index (χ1n) is 8.54. The molecule has 1 aliphatic rings. The molecular weight excluding hydrogens is 292 g/mol. The van der Waals surface area contributed by atoms with Crippen molar-refractivity contribution in [1.82, 2.24) is 10.2 Å². The highest BCUT2D eigenvalue weighted by Gasteiger charge is 2.44. The Morgan fingerprint density at radius 2 is 1.74 bits per heavy atom. The summed E-state index contributed by atoms with van der Waals surface area (Å²) in [7, 11) is 0. The van der Waals surface area contributed by atoms with Crippen LogP contribution in [0.15, 0.2) is 0 Å². The number of rotatable bonds is 6. The number of hydrogen-bond donors (Lipinski definition) is 1. The minimum absolute atomic E-state index is 0.0173. The van der Waals surface area contributed by atoms with Gasteiger partial charge in [0, 0.05) is 25.9 Å². The Bertz CT molecular complexity index is 471. The van der Waals surface area contributed by atoms with Crippen LogP contribution in [-0.4, -0.2) is 41.6 Å². The van der Waals surface area contributed by atoms with Crippen molar-refractivity contribution in [2.45, 2.75) is 60.9 Å². The highest BCUT2D eigenvalue weighted by molar-refractivity contribution is 5.89. The second kappa shape index (κ2) is 7.45. The van der Waals surface area contributed by atoms with Gasteiger partial charge in [0.25, 0.3) is 0 Å². The van der Waals surface area contributed by atoms with Gasteiger partial charge in [0.1, 0.15) is 0 Å². The fraction of sp³-hybridized carbons (Fsp3) is 0.833. The fourth-order valence-corrected chi connectivity index (χ4v) is 3.37. The largest absolute Gasteiger partial charge is 0.356 e. The predicted octanol–water partition coefficient (Wildman–Crippen LogP) is 2.25. The molecule has 1 rings (SSSR count). The first kappa shape index (κ1) is 19.7. The normalized spacial score (nSPS) is 23.0. The van der Waals surface area contributed by atoms with Crippen molar-refractivity contribution in [2.24, 2.45) is 23.2 Å². The molecule has 0 aromatic heterocycles. The summed E-state index contributed by atoms with van der Waals surface area (Å²) in [6.45, 7) is 14.2. The minimum Gasteiger partial charge on any atom is -0.356 e. The Balaban J connectivity index is 2.90. The third-order valence-corrected chi connectivity index (χ3v) is 5.34. The summed E-state index contributed by atoms with van der Waals surface area (Å²) in [4.78, 5) is 38.0. The van der Waals surface area contributed by atoms with Gasteiger partial charge in [0.15, 0.2) is 5.78 Å². The van der Waals surface area contributed by atoms with Gasteiger partial charge in [-0.3, -0.25) is 14.4 Å². The average Bonchev–Trinajstić information content (AvgIpc) is 2.88. The average molecular weight is 324 g/mol. The van der Waals surface area contributed by atoms with Gasteiger partial charge < -0.3 is 10.2 Å². The number of nitrogens with one attached hydrogen (secondary N) is 1. The Morgan fingerprint density at radius 3 is 2.17 bits per heavy atom. The molecule has 0 saturated carbocycles. The molecule has 23 heavy (non-hydrogen) atoms. The molecule has 0 unspecified atom stereocenters. The van der Waals surface area contributed by atoms with Crippen molar-refractivity contribution >= 4 is 17.6 Å². The molecule has 0 aliphatic carbocycles. The maximum atomic E-state index is 13.0. The van der Waals surface area contributed by atoms with Crippen LogP contribution in [0.1, 0.15) is 54.9 Å². The van der Waals surface area contributed by atoms with Crippen LogP contribution < -0.4 is 5.32 Å². The lowest BCUT2D eigenvalue weighted by atomic mass is 9.78. The van der Waals surface area contributed by atoms with E-state index in [1.165, 1.54) is 6.92 Å². The second-order valence-electron chi connectivity index (χ2n) is 7.90. The number of nitrogens with zero attached hydrogens (tertiary/aromatic N) is 1. The van der Waals surface area contributed by atoms with E-state index in [4.69, 9.17) is 0 Å². The number of hydrogen-bond acceptors (Lipinski definition) is 3. The summed E-state index contributed by atoms with van der Waals surface area (Å²) >= 11 is 0. The molecule has 132 valence electrons. The van der Waals surface area contributed by atoms with Crippen molar-refractivity contribution in [2.75, 3.05) is 13.1 Å². The summed E-state index contributed by atoms with van der Waals surface area (Å²) in [6.07, 6.45) is 0.881. The van der Waals surface area contributed by atoms with Crippen LogP contribution in [0, 0.1) is 23.2 Å². The highest BCUT2D eigenvalue weighted by Crippen LogP contribution is 2.35. The standard InChI is InChI=1S/C18H32N2O3/c1-11(2)15-8-9-20(16(15)13(4)21)17(23)12(3)18(6,7)10-19-14(5)22/h11-12,15-16H,8-10H2,1-7H3,(H,19,22)/t12-,15+,16+/m0/s1. The van der Waals surface area contributed by atoms with Gasteiger partial charge in [-0.05, 0) is 30.6 Å². The lowest BCUT2D eigenvalue weighted by Crippen LogP contribution is -2.49. The first-order valence-corrected chi connectivity index (χ1v) is 8.54. The zero-order valence-corrected chi connectivity index (χ0v) is 15.6. The maximum absolute atomic E-state index is 13.0. The van der Waals surface area contributed by atoms with E-state index < -0.39 is 0 Å². The zero-order valence-electron chi connectivity index (χ0n) is 15.6. The highest BCUT2D eigenvalue weighted by atomic mass is 16.2. The lowest BCUT2D eigenvalue weighted by molar-refractivity contribution is -0.144. The molecule has 0 radical (unpaired) electrons. The van der Waals surface area contributed by atoms with E-state index in [1.807, 2.05) is 20.8 Å². The second-order valence-corrected chi connectivity index (χ2v) is 7.90. The number of carbonyl (C=O) groups excluding carboxylic acids is 3. The molecule has 5 nitrogen and oxygen atoms in total. The number of likely N-dealkylation sites (tertiary alicyclic amines) is 1. The van der Waals surface area contributed by atoms with Crippen LogP contribution >= 0.6 is 0 Å². The maximum Gasteiger partial charge on any atom is 0.226 e. The summed E-state index contributed by atoms with van der Waals surface area (Å²) in [5.74, 6) is 0.346. The molecular formula is C18H32N2O3. The van der Waals surface area contributed by atoms with Gasteiger partial charge in [0.05, 0.1) is 6.04 Å². The fourth-order valence-electron chi connectivity index (χ4n) is 3.37. The van der Waals surface area contributed by atoms with Gasteiger partial charge in [-0.1, -0.05) is 34.6 Å². The summed E-state index contributed by atoms with van der Waals surface area (Å²) in [5, 5.41) is 2.80. The number of Topliss-reactive ketones (excluding diaryl/α,β-unsaturated/α-hetero) is 1. The summed E-state index contributed by atoms with van der Waals surface area (Å²) in [6, 6.07) is -0.304. The zero-order chi connectivity index (χ0) is 17.9. The van der Waals surface area contributed by atoms with Crippen LogP contribution in [0.25, 0.3) is 0 Å². The first-order chi connectivity index (χ1) is 10.5. The van der Waals surface area contributed by atoms with E-state index in [0.717, 1.165) is 6.42 Å². The number of ketones is 1. The van der Waals surface area contributed by atoms with Gasteiger partial charge in [-0.25, -0.2) is 0 Å². The molecule has 1 heterocycles. The molecule has 1 aliphatic heterocycles. The Labute approximate surface area is 140 Å². The van der Waals surface area contributed by atoms with Gasteiger partial charge in [-0.2, -0.15) is 0 Å². The van der Waals surface area contributed by atoms with Crippen LogP contribution in [-0.2, 0) is 14.4 Å². The van der Waals surface area contributed by atoms with Crippen LogP contribution in [0.2, 0.25) is 0 Å². The molecule has 1 saturated heterocycles. The van der Waals surface area contributed by atoms with E-state index >= 15 is 0 Å². The van der Waals surface area contributed by atoms with Gasteiger partial charge in [-0.15, -0.1) is 0 Å². The lowest BCUT2D eigenvalue weighted by Gasteiger charge is -2.36. The molecule has 0 spiro atoms. The topological polar surface area (TPSA) is 66.5 Å². The summed E-state index contributed by atoms with van der Waals surface area (Å²) < 4.78 is 0.